The zero-order valence-electron chi connectivity index (χ0n) is 9.26. The Hall–Kier alpha value is -0.220. The Bertz CT molecular complexity index is 178. The quantitative estimate of drug-likeness (QED) is 0.744. The van der Waals surface area contributed by atoms with Gasteiger partial charge in [0.2, 0.25) is 0 Å². The highest BCUT2D eigenvalue weighted by molar-refractivity contribution is 4.73. The van der Waals surface area contributed by atoms with Gasteiger partial charge in [0, 0.05) is 6.54 Å². The topological polar surface area (TPSA) is 32.3 Å². The average molecular weight is 221 g/mol. The molecule has 3 unspecified atom stereocenters. The van der Waals surface area contributed by atoms with Crippen LogP contribution in [0, 0.1) is 11.8 Å². The summed E-state index contributed by atoms with van der Waals surface area (Å²) in [4.78, 5) is 0. The molecule has 0 aromatic rings. The molecule has 3 atom stereocenters. The third-order valence-corrected chi connectivity index (χ3v) is 3.12. The van der Waals surface area contributed by atoms with E-state index < -0.39 is 12.5 Å². The van der Waals surface area contributed by atoms with Crippen molar-refractivity contribution in [3.63, 3.8) is 0 Å². The molecule has 0 bridgehead atoms. The lowest BCUT2D eigenvalue weighted by Gasteiger charge is -2.27. The van der Waals surface area contributed by atoms with Gasteiger partial charge in [-0.2, -0.15) is 0 Å². The fraction of sp³-hybridized carbons (Fsp3) is 1.00. The fourth-order valence-electron chi connectivity index (χ4n) is 2.27. The van der Waals surface area contributed by atoms with Gasteiger partial charge in [0.1, 0.15) is 6.10 Å². The average Bonchev–Trinajstić information content (AvgIpc) is 2.17. The summed E-state index contributed by atoms with van der Waals surface area (Å²) < 4.78 is 23.9. The van der Waals surface area contributed by atoms with Crippen molar-refractivity contribution in [2.75, 3.05) is 13.1 Å². The van der Waals surface area contributed by atoms with E-state index in [9.17, 15) is 8.78 Å². The van der Waals surface area contributed by atoms with Gasteiger partial charge < -0.3 is 10.4 Å². The smallest absolute Gasteiger partial charge is 0.265 e. The number of aliphatic hydroxyl groups excluding tert-OH is 1. The third-order valence-electron chi connectivity index (χ3n) is 3.12. The van der Waals surface area contributed by atoms with Crippen molar-refractivity contribution in [1.29, 1.82) is 0 Å². The van der Waals surface area contributed by atoms with Crippen LogP contribution < -0.4 is 5.32 Å². The van der Waals surface area contributed by atoms with Crippen molar-refractivity contribution < 1.29 is 13.9 Å². The van der Waals surface area contributed by atoms with Gasteiger partial charge in [0.25, 0.3) is 6.43 Å². The number of rotatable bonds is 5. The van der Waals surface area contributed by atoms with E-state index in [1.807, 2.05) is 0 Å². The molecule has 0 aromatic heterocycles. The monoisotopic (exact) mass is 221 g/mol. The number of halogens is 2. The summed E-state index contributed by atoms with van der Waals surface area (Å²) in [6, 6.07) is 0. The Morgan fingerprint density at radius 1 is 1.40 bits per heavy atom. The van der Waals surface area contributed by atoms with Gasteiger partial charge in [0.15, 0.2) is 0 Å². The minimum Gasteiger partial charge on any atom is -0.386 e. The minimum atomic E-state index is -2.64. The molecule has 1 saturated carbocycles. The van der Waals surface area contributed by atoms with Gasteiger partial charge in [-0.3, -0.25) is 0 Å². The number of alkyl halides is 2. The number of nitrogens with one attached hydrogen (secondary N) is 1. The van der Waals surface area contributed by atoms with Crippen LogP contribution in [0.15, 0.2) is 0 Å². The summed E-state index contributed by atoms with van der Waals surface area (Å²) in [6.07, 6.45) is 0.731. The van der Waals surface area contributed by atoms with E-state index in [0.29, 0.717) is 5.92 Å². The molecule has 0 aromatic carbocycles. The largest absolute Gasteiger partial charge is 0.386 e. The van der Waals surface area contributed by atoms with Crippen molar-refractivity contribution in [2.24, 2.45) is 11.8 Å². The van der Waals surface area contributed by atoms with E-state index in [1.165, 1.54) is 25.7 Å². The van der Waals surface area contributed by atoms with Gasteiger partial charge in [-0.1, -0.05) is 19.8 Å². The zero-order chi connectivity index (χ0) is 11.3. The maximum absolute atomic E-state index is 12.0. The van der Waals surface area contributed by atoms with Crippen LogP contribution in [-0.4, -0.2) is 30.7 Å². The summed E-state index contributed by atoms with van der Waals surface area (Å²) in [7, 11) is 0. The van der Waals surface area contributed by atoms with Gasteiger partial charge in [-0.15, -0.1) is 0 Å². The first-order valence-electron chi connectivity index (χ1n) is 5.76. The van der Waals surface area contributed by atoms with Crippen LogP contribution >= 0.6 is 0 Å². The van der Waals surface area contributed by atoms with E-state index >= 15 is 0 Å². The number of hydrogen-bond donors (Lipinski definition) is 2. The molecule has 1 aliphatic carbocycles. The van der Waals surface area contributed by atoms with E-state index in [-0.39, 0.29) is 6.54 Å². The standard InChI is InChI=1S/C11H21F2NO/c1-8-3-2-4-9(5-8)6-14-7-10(15)11(12)13/h8-11,14-15H,2-7H2,1H3. The molecule has 0 radical (unpaired) electrons. The summed E-state index contributed by atoms with van der Waals surface area (Å²) in [5.41, 5.74) is 0. The van der Waals surface area contributed by atoms with E-state index in [4.69, 9.17) is 5.11 Å². The SMILES string of the molecule is CC1CCCC(CNCC(O)C(F)F)C1. The summed E-state index contributed by atoms with van der Waals surface area (Å²) in [6.45, 7) is 3.00. The molecule has 2 N–H and O–H groups in total. The molecular weight excluding hydrogens is 200 g/mol. The van der Waals surface area contributed by atoms with E-state index in [2.05, 4.69) is 12.2 Å². The minimum absolute atomic E-state index is 0.00253. The first-order valence-corrected chi connectivity index (χ1v) is 5.76. The van der Waals surface area contributed by atoms with Crippen LogP contribution in [0.25, 0.3) is 0 Å². The second-order valence-electron chi connectivity index (χ2n) is 4.70. The molecule has 0 amide bonds. The number of hydrogen-bond acceptors (Lipinski definition) is 2. The van der Waals surface area contributed by atoms with E-state index in [1.54, 1.807) is 0 Å². The molecule has 4 heteroatoms. The van der Waals surface area contributed by atoms with Gasteiger partial charge in [-0.25, -0.2) is 8.78 Å². The maximum Gasteiger partial charge on any atom is 0.265 e. The Morgan fingerprint density at radius 2 is 2.13 bits per heavy atom. The highest BCUT2D eigenvalue weighted by atomic mass is 19.3. The maximum atomic E-state index is 12.0. The van der Waals surface area contributed by atoms with Gasteiger partial charge >= 0.3 is 0 Å². The summed E-state index contributed by atoms with van der Waals surface area (Å²) in [5, 5.41) is 11.8. The van der Waals surface area contributed by atoms with E-state index in [0.717, 1.165) is 12.5 Å². The molecule has 1 rings (SSSR count). The second kappa shape index (κ2) is 6.38. The third kappa shape index (κ3) is 4.89. The number of aliphatic hydroxyl groups is 1. The molecule has 1 aliphatic rings. The van der Waals surface area contributed by atoms with Crippen LogP contribution in [0.2, 0.25) is 0 Å². The Labute approximate surface area is 90.1 Å². The van der Waals surface area contributed by atoms with Gasteiger partial charge in [0.05, 0.1) is 0 Å². The molecule has 0 heterocycles. The molecule has 0 aliphatic heterocycles. The zero-order valence-corrected chi connectivity index (χ0v) is 9.26. The highest BCUT2D eigenvalue weighted by Crippen LogP contribution is 2.27. The summed E-state index contributed by atoms with van der Waals surface area (Å²) in [5.74, 6) is 1.35. The fourth-order valence-corrected chi connectivity index (χ4v) is 2.27. The second-order valence-corrected chi connectivity index (χ2v) is 4.70. The first-order chi connectivity index (χ1) is 7.09. The first kappa shape index (κ1) is 12.8. The van der Waals surface area contributed by atoms with Crippen molar-refractivity contribution in [3.8, 4) is 0 Å². The molecule has 1 fully saturated rings. The van der Waals surface area contributed by atoms with Crippen LogP contribution in [0.4, 0.5) is 8.78 Å². The predicted molar refractivity (Wildman–Crippen MR) is 56.0 cm³/mol. The van der Waals surface area contributed by atoms with Crippen molar-refractivity contribution in [3.05, 3.63) is 0 Å². The summed E-state index contributed by atoms with van der Waals surface area (Å²) >= 11 is 0. The molecule has 0 spiro atoms. The van der Waals surface area contributed by atoms with Crippen molar-refractivity contribution in [2.45, 2.75) is 45.1 Å². The highest BCUT2D eigenvalue weighted by Gasteiger charge is 2.20. The Morgan fingerprint density at radius 3 is 2.73 bits per heavy atom. The molecule has 15 heavy (non-hydrogen) atoms. The van der Waals surface area contributed by atoms with Crippen LogP contribution in [0.5, 0.6) is 0 Å². The lowest BCUT2D eigenvalue weighted by Crippen LogP contribution is -2.35. The Balaban J connectivity index is 2.09. The van der Waals surface area contributed by atoms with Gasteiger partial charge in [-0.05, 0) is 31.2 Å². The molecule has 90 valence electrons. The Kier molecular flexibility index (Phi) is 5.47. The normalized spacial score (nSPS) is 29.4. The van der Waals surface area contributed by atoms with Crippen molar-refractivity contribution in [1.82, 2.24) is 5.32 Å². The predicted octanol–water partition coefficient (Wildman–Crippen LogP) is 2.03. The van der Waals surface area contributed by atoms with Crippen LogP contribution in [0.3, 0.4) is 0 Å². The van der Waals surface area contributed by atoms with Crippen LogP contribution in [-0.2, 0) is 0 Å². The molecular formula is C11H21F2NO. The lowest BCUT2D eigenvalue weighted by atomic mass is 9.82. The van der Waals surface area contributed by atoms with Crippen molar-refractivity contribution >= 4 is 0 Å². The lowest BCUT2D eigenvalue weighted by molar-refractivity contribution is -0.00387. The molecule has 2 nitrogen and oxygen atoms in total. The molecule has 0 saturated heterocycles. The van der Waals surface area contributed by atoms with Crippen LogP contribution in [0.1, 0.15) is 32.6 Å².